The SMILES string of the molecule is Cc1nn(C2CCCCCC2)c(C)c1CCCNC1CC1. The van der Waals surface area contributed by atoms with Crippen LogP contribution < -0.4 is 5.32 Å². The molecule has 3 nitrogen and oxygen atoms in total. The molecule has 3 rings (SSSR count). The molecular formula is C18H31N3. The van der Waals surface area contributed by atoms with Crippen LogP contribution in [0.25, 0.3) is 0 Å². The highest BCUT2D eigenvalue weighted by Crippen LogP contribution is 2.29. The molecule has 0 saturated heterocycles. The second kappa shape index (κ2) is 6.95. The van der Waals surface area contributed by atoms with Crippen molar-refractivity contribution in [2.45, 2.75) is 90.1 Å². The third-order valence-corrected chi connectivity index (χ3v) is 5.26. The molecule has 21 heavy (non-hydrogen) atoms. The van der Waals surface area contributed by atoms with Crippen molar-refractivity contribution in [3.8, 4) is 0 Å². The molecule has 118 valence electrons. The number of aromatic nitrogens is 2. The largest absolute Gasteiger partial charge is 0.314 e. The minimum atomic E-state index is 0.657. The van der Waals surface area contributed by atoms with E-state index in [1.807, 2.05) is 0 Å². The van der Waals surface area contributed by atoms with Crippen LogP contribution in [0.2, 0.25) is 0 Å². The summed E-state index contributed by atoms with van der Waals surface area (Å²) in [5, 5.41) is 8.51. The summed E-state index contributed by atoms with van der Waals surface area (Å²) < 4.78 is 2.37. The Kier molecular flexibility index (Phi) is 4.99. The molecule has 2 saturated carbocycles. The lowest BCUT2D eigenvalue weighted by Gasteiger charge is -2.17. The van der Waals surface area contributed by atoms with Gasteiger partial charge in [0.05, 0.1) is 11.7 Å². The number of rotatable bonds is 6. The normalized spacial score (nSPS) is 20.7. The quantitative estimate of drug-likeness (QED) is 0.631. The first-order valence-electron chi connectivity index (χ1n) is 9.03. The standard InChI is InChI=1S/C18H31N3/c1-14-18(10-7-13-19-16-11-12-16)15(2)21(20-14)17-8-5-3-4-6-9-17/h16-17,19H,3-13H2,1-2H3. The molecule has 0 spiro atoms. The molecular weight excluding hydrogens is 258 g/mol. The lowest BCUT2D eigenvalue weighted by molar-refractivity contribution is 0.396. The van der Waals surface area contributed by atoms with Crippen LogP contribution in [0.1, 0.15) is 80.8 Å². The van der Waals surface area contributed by atoms with Gasteiger partial charge in [-0.25, -0.2) is 0 Å². The van der Waals surface area contributed by atoms with Gasteiger partial charge in [-0.1, -0.05) is 25.7 Å². The molecule has 1 aromatic heterocycles. The third-order valence-electron chi connectivity index (χ3n) is 5.26. The van der Waals surface area contributed by atoms with Gasteiger partial charge in [0.25, 0.3) is 0 Å². The van der Waals surface area contributed by atoms with Crippen LogP contribution in [-0.2, 0) is 6.42 Å². The lowest BCUT2D eigenvalue weighted by Crippen LogP contribution is -2.18. The van der Waals surface area contributed by atoms with Crippen molar-refractivity contribution in [3.05, 3.63) is 17.0 Å². The van der Waals surface area contributed by atoms with Crippen molar-refractivity contribution in [3.63, 3.8) is 0 Å². The van der Waals surface area contributed by atoms with E-state index in [-0.39, 0.29) is 0 Å². The van der Waals surface area contributed by atoms with Crippen LogP contribution in [0.15, 0.2) is 0 Å². The van der Waals surface area contributed by atoms with Gasteiger partial charge < -0.3 is 5.32 Å². The first-order chi connectivity index (χ1) is 10.3. The molecule has 1 N–H and O–H groups in total. The number of nitrogens with one attached hydrogen (secondary N) is 1. The Morgan fingerprint density at radius 3 is 2.43 bits per heavy atom. The summed E-state index contributed by atoms with van der Waals surface area (Å²) in [4.78, 5) is 0. The fourth-order valence-electron chi connectivity index (χ4n) is 3.78. The van der Waals surface area contributed by atoms with Crippen molar-refractivity contribution in [1.82, 2.24) is 15.1 Å². The second-order valence-corrected chi connectivity index (χ2v) is 7.07. The van der Waals surface area contributed by atoms with Crippen molar-refractivity contribution < 1.29 is 0 Å². The minimum Gasteiger partial charge on any atom is -0.314 e. The van der Waals surface area contributed by atoms with Gasteiger partial charge in [0.15, 0.2) is 0 Å². The molecule has 2 fully saturated rings. The Labute approximate surface area is 129 Å². The Hall–Kier alpha value is -0.830. The smallest absolute Gasteiger partial charge is 0.0628 e. The topological polar surface area (TPSA) is 29.9 Å². The van der Waals surface area contributed by atoms with Gasteiger partial charge in [-0.05, 0) is 64.5 Å². The van der Waals surface area contributed by atoms with Crippen LogP contribution in [0.4, 0.5) is 0 Å². The molecule has 0 bridgehead atoms. The monoisotopic (exact) mass is 289 g/mol. The van der Waals surface area contributed by atoms with E-state index >= 15 is 0 Å². The molecule has 2 aliphatic carbocycles. The zero-order chi connectivity index (χ0) is 14.7. The first-order valence-corrected chi connectivity index (χ1v) is 9.03. The summed E-state index contributed by atoms with van der Waals surface area (Å²) in [6, 6.07) is 1.49. The highest BCUT2D eigenvalue weighted by Gasteiger charge is 2.21. The molecule has 2 aliphatic rings. The Balaban J connectivity index is 1.60. The average molecular weight is 289 g/mol. The van der Waals surface area contributed by atoms with Crippen molar-refractivity contribution >= 4 is 0 Å². The molecule has 0 aliphatic heterocycles. The molecule has 0 unspecified atom stereocenters. The van der Waals surface area contributed by atoms with Gasteiger partial charge in [0.1, 0.15) is 0 Å². The van der Waals surface area contributed by atoms with E-state index in [2.05, 4.69) is 23.8 Å². The summed E-state index contributed by atoms with van der Waals surface area (Å²) in [7, 11) is 0. The summed E-state index contributed by atoms with van der Waals surface area (Å²) in [6.07, 6.45) is 13.4. The second-order valence-electron chi connectivity index (χ2n) is 7.07. The molecule has 3 heteroatoms. The maximum Gasteiger partial charge on any atom is 0.0628 e. The van der Waals surface area contributed by atoms with Gasteiger partial charge in [-0.3, -0.25) is 4.68 Å². The van der Waals surface area contributed by atoms with Gasteiger partial charge in [-0.15, -0.1) is 0 Å². The highest BCUT2D eigenvalue weighted by atomic mass is 15.3. The van der Waals surface area contributed by atoms with Crippen LogP contribution in [0, 0.1) is 13.8 Å². The third kappa shape index (κ3) is 3.88. The fraction of sp³-hybridized carbons (Fsp3) is 0.833. The molecule has 0 radical (unpaired) electrons. The zero-order valence-electron chi connectivity index (χ0n) is 13.8. The lowest BCUT2D eigenvalue weighted by atomic mass is 10.1. The maximum atomic E-state index is 4.90. The molecule has 0 amide bonds. The fourth-order valence-corrected chi connectivity index (χ4v) is 3.78. The van der Waals surface area contributed by atoms with E-state index < -0.39 is 0 Å². The van der Waals surface area contributed by atoms with Gasteiger partial charge in [0, 0.05) is 11.7 Å². The summed E-state index contributed by atoms with van der Waals surface area (Å²) in [5.41, 5.74) is 4.21. The summed E-state index contributed by atoms with van der Waals surface area (Å²) in [5.74, 6) is 0. The zero-order valence-corrected chi connectivity index (χ0v) is 13.8. The number of nitrogens with zero attached hydrogens (tertiary/aromatic N) is 2. The Morgan fingerprint density at radius 1 is 1.05 bits per heavy atom. The highest BCUT2D eigenvalue weighted by molar-refractivity contribution is 5.25. The first kappa shape index (κ1) is 15.1. The van der Waals surface area contributed by atoms with E-state index in [0.717, 1.165) is 12.6 Å². The predicted octanol–water partition coefficient (Wildman–Crippen LogP) is 4.08. The van der Waals surface area contributed by atoms with Crippen LogP contribution >= 0.6 is 0 Å². The number of hydrogen-bond donors (Lipinski definition) is 1. The average Bonchev–Trinajstić information content (AvgIpc) is 3.27. The van der Waals surface area contributed by atoms with E-state index in [1.165, 1.54) is 81.2 Å². The van der Waals surface area contributed by atoms with Crippen molar-refractivity contribution in [1.29, 1.82) is 0 Å². The maximum absolute atomic E-state index is 4.90. The predicted molar refractivity (Wildman–Crippen MR) is 87.8 cm³/mol. The summed E-state index contributed by atoms with van der Waals surface area (Å²) >= 11 is 0. The molecule has 0 aromatic carbocycles. The van der Waals surface area contributed by atoms with Gasteiger partial charge >= 0.3 is 0 Å². The molecule has 1 aromatic rings. The summed E-state index contributed by atoms with van der Waals surface area (Å²) in [6.45, 7) is 5.65. The van der Waals surface area contributed by atoms with E-state index in [9.17, 15) is 0 Å². The number of hydrogen-bond acceptors (Lipinski definition) is 2. The minimum absolute atomic E-state index is 0.657. The molecule has 1 heterocycles. The molecule has 0 atom stereocenters. The van der Waals surface area contributed by atoms with Crippen molar-refractivity contribution in [2.24, 2.45) is 0 Å². The van der Waals surface area contributed by atoms with Gasteiger partial charge in [0.2, 0.25) is 0 Å². The van der Waals surface area contributed by atoms with Crippen LogP contribution in [0.3, 0.4) is 0 Å². The Morgan fingerprint density at radius 2 is 1.76 bits per heavy atom. The van der Waals surface area contributed by atoms with Crippen LogP contribution in [-0.4, -0.2) is 22.4 Å². The Bertz CT molecular complexity index is 451. The van der Waals surface area contributed by atoms with E-state index in [4.69, 9.17) is 5.10 Å². The van der Waals surface area contributed by atoms with Crippen molar-refractivity contribution in [2.75, 3.05) is 6.54 Å². The van der Waals surface area contributed by atoms with Gasteiger partial charge in [-0.2, -0.15) is 5.10 Å². The van der Waals surface area contributed by atoms with Crippen LogP contribution in [0.5, 0.6) is 0 Å². The van der Waals surface area contributed by atoms with E-state index in [0.29, 0.717) is 6.04 Å². The van der Waals surface area contributed by atoms with E-state index in [1.54, 1.807) is 0 Å². The number of aryl methyl sites for hydroxylation is 1.